The van der Waals surface area contributed by atoms with Crippen molar-refractivity contribution in [1.82, 2.24) is 14.9 Å². The second-order valence-electron chi connectivity index (χ2n) is 9.96. The Kier molecular flexibility index (Phi) is 10.0. The van der Waals surface area contributed by atoms with Crippen LogP contribution in [0, 0.1) is 11.6 Å². The van der Waals surface area contributed by atoms with E-state index in [1.54, 1.807) is 7.05 Å². The van der Waals surface area contributed by atoms with Crippen molar-refractivity contribution in [2.75, 3.05) is 11.3 Å². The molecule has 0 saturated carbocycles. The Bertz CT molecular complexity index is 1620. The summed E-state index contributed by atoms with van der Waals surface area (Å²) in [5.74, 6) is -2.20. The molecule has 0 spiro atoms. The molecule has 0 amide bonds. The van der Waals surface area contributed by atoms with Gasteiger partial charge in [-0.05, 0) is 59.9 Å². The van der Waals surface area contributed by atoms with E-state index in [9.17, 15) is 22.0 Å². The lowest BCUT2D eigenvalue weighted by Crippen LogP contribution is -2.46. The molecule has 0 radical (unpaired) electrons. The zero-order chi connectivity index (χ0) is 30.3. The summed E-state index contributed by atoms with van der Waals surface area (Å²) in [6, 6.07) is 16.2. The molecule has 0 aliphatic carbocycles. The molecular formula is C30H33F2N5O4S. The number of rotatable bonds is 13. The number of esters is 1. The molecule has 0 bridgehead atoms. The van der Waals surface area contributed by atoms with Crippen molar-refractivity contribution in [3.05, 3.63) is 113 Å². The largest absolute Gasteiger partial charge is 0.456 e. The van der Waals surface area contributed by atoms with Crippen LogP contribution in [0.1, 0.15) is 34.0 Å². The van der Waals surface area contributed by atoms with Gasteiger partial charge in [-0.3, -0.25) is 4.72 Å². The average Bonchev–Trinajstić information content (AvgIpc) is 3.39. The van der Waals surface area contributed by atoms with Gasteiger partial charge in [0.05, 0.1) is 11.9 Å². The van der Waals surface area contributed by atoms with Crippen molar-refractivity contribution >= 4 is 21.7 Å². The van der Waals surface area contributed by atoms with Gasteiger partial charge in [0.1, 0.15) is 17.7 Å². The number of sulfonamides is 1. The van der Waals surface area contributed by atoms with Gasteiger partial charge in [0.25, 0.3) is 10.0 Å². The number of anilines is 1. The molecule has 4 rings (SSSR count). The lowest BCUT2D eigenvalue weighted by Gasteiger charge is -2.25. The number of aryl methyl sites for hydroxylation is 2. The SMILES string of the molecule is CCc1cccc(CNCC(OC(=O)c2cccc(NS(=O)(=O)c3cn(C)cn3)c2)C(N)Cc2cc(F)cc(F)c2)c1. The molecule has 0 aliphatic heterocycles. The van der Waals surface area contributed by atoms with E-state index in [0.717, 1.165) is 18.1 Å². The third-order valence-corrected chi connectivity index (χ3v) is 7.78. The number of benzene rings is 3. The van der Waals surface area contributed by atoms with Crippen molar-refractivity contribution < 1.29 is 26.7 Å². The molecule has 0 saturated heterocycles. The number of hydrogen-bond acceptors (Lipinski definition) is 7. The number of hydrogen-bond donors (Lipinski definition) is 3. The number of ether oxygens (including phenoxy) is 1. The minimum Gasteiger partial charge on any atom is -0.456 e. The van der Waals surface area contributed by atoms with Crippen LogP contribution in [-0.4, -0.2) is 42.6 Å². The van der Waals surface area contributed by atoms with E-state index in [1.165, 1.54) is 59.1 Å². The standard InChI is InChI=1S/C30H33F2N5O4S/c1-3-20-6-4-7-21(10-20)16-34-17-28(27(33)13-22-11-24(31)15-25(32)12-22)41-30(38)23-8-5-9-26(14-23)36-42(39,40)29-18-37(2)19-35-29/h4-12,14-15,18-19,27-28,34,36H,3,13,16-17,33H2,1-2H3. The molecule has 12 heteroatoms. The number of carbonyl (C=O) groups is 1. The van der Waals surface area contributed by atoms with Crippen LogP contribution in [0.15, 0.2) is 84.3 Å². The molecule has 2 atom stereocenters. The molecule has 1 heterocycles. The van der Waals surface area contributed by atoms with Gasteiger partial charge in [0, 0.05) is 44.1 Å². The maximum atomic E-state index is 13.8. The van der Waals surface area contributed by atoms with E-state index >= 15 is 0 Å². The number of halogens is 2. The van der Waals surface area contributed by atoms with E-state index in [4.69, 9.17) is 10.5 Å². The lowest BCUT2D eigenvalue weighted by molar-refractivity contribution is 0.0238. The van der Waals surface area contributed by atoms with Crippen LogP contribution in [0.3, 0.4) is 0 Å². The fourth-order valence-electron chi connectivity index (χ4n) is 4.38. The lowest BCUT2D eigenvalue weighted by atomic mass is 10.0. The van der Waals surface area contributed by atoms with Crippen molar-refractivity contribution in [2.45, 2.75) is 43.5 Å². The molecule has 0 aliphatic rings. The average molecular weight is 598 g/mol. The summed E-state index contributed by atoms with van der Waals surface area (Å²) in [7, 11) is -2.34. The smallest absolute Gasteiger partial charge is 0.338 e. The minimum atomic E-state index is -3.98. The van der Waals surface area contributed by atoms with Gasteiger partial charge in [0.2, 0.25) is 0 Å². The third kappa shape index (κ3) is 8.44. The molecular weight excluding hydrogens is 564 g/mol. The summed E-state index contributed by atoms with van der Waals surface area (Å²) in [6.07, 6.45) is 2.76. The topological polar surface area (TPSA) is 128 Å². The first-order valence-corrected chi connectivity index (χ1v) is 14.8. The second-order valence-corrected chi connectivity index (χ2v) is 11.6. The van der Waals surface area contributed by atoms with Gasteiger partial charge in [-0.2, -0.15) is 8.42 Å². The van der Waals surface area contributed by atoms with E-state index in [0.29, 0.717) is 12.1 Å². The molecule has 1 aromatic heterocycles. The first-order chi connectivity index (χ1) is 20.0. The Balaban J connectivity index is 1.49. The number of nitrogens with one attached hydrogen (secondary N) is 2. The number of aromatic nitrogens is 2. The fourth-order valence-corrected chi connectivity index (χ4v) is 5.41. The Morgan fingerprint density at radius 2 is 1.74 bits per heavy atom. The minimum absolute atomic E-state index is 0.0452. The second kappa shape index (κ2) is 13.7. The number of imidazole rings is 1. The molecule has 222 valence electrons. The molecule has 4 aromatic rings. The summed E-state index contributed by atoms with van der Waals surface area (Å²) < 4.78 is 62.6. The van der Waals surface area contributed by atoms with E-state index in [2.05, 4.69) is 28.0 Å². The molecule has 2 unspecified atom stereocenters. The van der Waals surface area contributed by atoms with Gasteiger partial charge >= 0.3 is 5.97 Å². The monoisotopic (exact) mass is 597 g/mol. The number of nitrogens with zero attached hydrogens (tertiary/aromatic N) is 2. The Morgan fingerprint density at radius 3 is 2.43 bits per heavy atom. The van der Waals surface area contributed by atoms with Gasteiger partial charge < -0.3 is 20.4 Å². The zero-order valence-electron chi connectivity index (χ0n) is 23.3. The summed E-state index contributed by atoms with van der Waals surface area (Å²) in [5, 5.41) is 3.08. The highest BCUT2D eigenvalue weighted by molar-refractivity contribution is 7.92. The van der Waals surface area contributed by atoms with Gasteiger partial charge in [-0.15, -0.1) is 0 Å². The van der Waals surface area contributed by atoms with Crippen LogP contribution < -0.4 is 15.8 Å². The summed E-state index contributed by atoms with van der Waals surface area (Å²) >= 11 is 0. The Labute approximate surface area is 243 Å². The summed E-state index contributed by atoms with van der Waals surface area (Å²) in [6.45, 7) is 2.70. The van der Waals surface area contributed by atoms with E-state index in [-0.39, 0.29) is 29.2 Å². The van der Waals surface area contributed by atoms with Crippen LogP contribution in [0.4, 0.5) is 14.5 Å². The zero-order valence-corrected chi connectivity index (χ0v) is 24.1. The van der Waals surface area contributed by atoms with Gasteiger partial charge in [-0.1, -0.05) is 37.3 Å². The highest BCUT2D eigenvalue weighted by Crippen LogP contribution is 2.18. The van der Waals surface area contributed by atoms with Gasteiger partial charge in [-0.25, -0.2) is 18.6 Å². The predicted molar refractivity (Wildman–Crippen MR) is 155 cm³/mol. The van der Waals surface area contributed by atoms with Crippen molar-refractivity contribution in [3.63, 3.8) is 0 Å². The van der Waals surface area contributed by atoms with Crippen molar-refractivity contribution in [2.24, 2.45) is 12.8 Å². The molecule has 4 N–H and O–H groups in total. The number of nitrogens with two attached hydrogens (primary N) is 1. The summed E-state index contributed by atoms with van der Waals surface area (Å²) in [5.41, 5.74) is 9.18. The molecule has 42 heavy (non-hydrogen) atoms. The predicted octanol–water partition coefficient (Wildman–Crippen LogP) is 3.95. The first-order valence-electron chi connectivity index (χ1n) is 13.3. The Morgan fingerprint density at radius 1 is 1.02 bits per heavy atom. The summed E-state index contributed by atoms with van der Waals surface area (Å²) in [4.78, 5) is 17.1. The van der Waals surface area contributed by atoms with Crippen LogP contribution in [-0.2, 0) is 41.2 Å². The molecule has 9 nitrogen and oxygen atoms in total. The quantitative estimate of drug-likeness (QED) is 0.199. The Hall–Kier alpha value is -4.13. The van der Waals surface area contributed by atoms with Crippen LogP contribution >= 0.6 is 0 Å². The highest BCUT2D eigenvalue weighted by atomic mass is 32.2. The maximum absolute atomic E-state index is 13.8. The van der Waals surface area contributed by atoms with E-state index in [1.807, 2.05) is 18.2 Å². The number of carbonyl (C=O) groups excluding carboxylic acids is 1. The molecule has 0 fully saturated rings. The fraction of sp³-hybridized carbons (Fsp3) is 0.267. The first kappa shape index (κ1) is 30.8. The normalized spacial score (nSPS) is 13.0. The van der Waals surface area contributed by atoms with Gasteiger partial charge in [0.15, 0.2) is 5.03 Å². The van der Waals surface area contributed by atoms with Crippen LogP contribution in [0.25, 0.3) is 0 Å². The van der Waals surface area contributed by atoms with Crippen LogP contribution in [0.2, 0.25) is 0 Å². The highest BCUT2D eigenvalue weighted by Gasteiger charge is 2.25. The molecule has 3 aromatic carbocycles. The maximum Gasteiger partial charge on any atom is 0.338 e. The van der Waals surface area contributed by atoms with E-state index < -0.39 is 39.8 Å². The van der Waals surface area contributed by atoms with Crippen molar-refractivity contribution in [3.8, 4) is 0 Å². The third-order valence-electron chi connectivity index (χ3n) is 6.51. The van der Waals surface area contributed by atoms with Crippen molar-refractivity contribution in [1.29, 1.82) is 0 Å². The van der Waals surface area contributed by atoms with Crippen LogP contribution in [0.5, 0.6) is 0 Å².